The predicted molar refractivity (Wildman–Crippen MR) is 78.1 cm³/mol. The summed E-state index contributed by atoms with van der Waals surface area (Å²) in [5.41, 5.74) is 0. The van der Waals surface area contributed by atoms with Gasteiger partial charge in [0.1, 0.15) is 5.76 Å². The van der Waals surface area contributed by atoms with Crippen LogP contribution in [0.2, 0.25) is 0 Å². The third-order valence-corrected chi connectivity index (χ3v) is 3.88. The minimum Gasteiger partial charge on any atom is -0.468 e. The molecule has 0 aliphatic carbocycles. The molecule has 2 rings (SSSR count). The predicted octanol–water partition coefficient (Wildman–Crippen LogP) is 1.64. The van der Waals surface area contributed by atoms with Crippen molar-refractivity contribution in [1.82, 2.24) is 15.1 Å². The molecule has 4 heteroatoms. The Bertz CT molecular complexity index is 329. The van der Waals surface area contributed by atoms with Crippen molar-refractivity contribution in [3.05, 3.63) is 24.2 Å². The van der Waals surface area contributed by atoms with Gasteiger partial charge in [-0.3, -0.25) is 0 Å². The molecule has 2 heterocycles. The maximum absolute atomic E-state index is 5.32. The Balaban J connectivity index is 1.56. The molecule has 1 aromatic heterocycles. The van der Waals surface area contributed by atoms with Gasteiger partial charge in [0.15, 0.2) is 0 Å². The molecule has 0 aromatic carbocycles. The summed E-state index contributed by atoms with van der Waals surface area (Å²) in [4.78, 5) is 4.85. The topological polar surface area (TPSA) is 31.6 Å². The zero-order chi connectivity index (χ0) is 13.5. The Hall–Kier alpha value is -0.840. The minimum atomic E-state index is 0.825. The summed E-state index contributed by atoms with van der Waals surface area (Å²) >= 11 is 0. The smallest absolute Gasteiger partial charge is 0.117 e. The first kappa shape index (κ1) is 14.6. The van der Waals surface area contributed by atoms with E-state index in [1.54, 1.807) is 6.26 Å². The Morgan fingerprint density at radius 1 is 1.37 bits per heavy atom. The van der Waals surface area contributed by atoms with Crippen LogP contribution in [0.3, 0.4) is 0 Å². The van der Waals surface area contributed by atoms with Crippen molar-refractivity contribution < 1.29 is 4.42 Å². The number of likely N-dealkylation sites (N-methyl/N-ethyl adjacent to an activating group) is 1. The normalized spacial score (nSPS) is 18.3. The summed E-state index contributed by atoms with van der Waals surface area (Å²) < 4.78 is 5.32. The fraction of sp³-hybridized carbons (Fsp3) is 0.733. The molecule has 0 unspecified atom stereocenters. The monoisotopic (exact) mass is 265 g/mol. The molecular weight excluding hydrogens is 238 g/mol. The summed E-state index contributed by atoms with van der Waals surface area (Å²) in [7, 11) is 4.29. The molecule has 0 radical (unpaired) electrons. The molecule has 1 aliphatic rings. The highest BCUT2D eigenvalue weighted by molar-refractivity contribution is 4.97. The molecule has 1 aliphatic heterocycles. The van der Waals surface area contributed by atoms with E-state index in [0.29, 0.717) is 0 Å². The van der Waals surface area contributed by atoms with Crippen LogP contribution in [0, 0.1) is 5.92 Å². The van der Waals surface area contributed by atoms with Crippen molar-refractivity contribution in [3.63, 3.8) is 0 Å². The van der Waals surface area contributed by atoms with Crippen molar-refractivity contribution in [2.24, 2.45) is 5.92 Å². The third-order valence-electron chi connectivity index (χ3n) is 3.88. The van der Waals surface area contributed by atoms with E-state index >= 15 is 0 Å². The number of nitrogens with one attached hydrogen (secondary N) is 1. The zero-order valence-electron chi connectivity index (χ0n) is 12.3. The lowest BCUT2D eigenvalue weighted by molar-refractivity contribution is 0.168. The summed E-state index contributed by atoms with van der Waals surface area (Å²) in [6.07, 6.45) is 4.37. The lowest BCUT2D eigenvalue weighted by atomic mass is 9.97. The van der Waals surface area contributed by atoms with Crippen LogP contribution < -0.4 is 5.32 Å². The quantitative estimate of drug-likeness (QED) is 0.812. The first-order chi connectivity index (χ1) is 9.24. The van der Waals surface area contributed by atoms with E-state index in [0.717, 1.165) is 24.8 Å². The molecule has 1 fully saturated rings. The second-order valence-corrected chi connectivity index (χ2v) is 5.80. The largest absolute Gasteiger partial charge is 0.468 e. The van der Waals surface area contributed by atoms with Gasteiger partial charge >= 0.3 is 0 Å². The van der Waals surface area contributed by atoms with Crippen molar-refractivity contribution >= 4 is 0 Å². The molecule has 1 saturated heterocycles. The Labute approximate surface area is 116 Å². The maximum Gasteiger partial charge on any atom is 0.117 e. The van der Waals surface area contributed by atoms with Crippen molar-refractivity contribution in [2.45, 2.75) is 19.4 Å². The highest BCUT2D eigenvalue weighted by Gasteiger charge is 2.18. The van der Waals surface area contributed by atoms with E-state index < -0.39 is 0 Å². The fourth-order valence-corrected chi connectivity index (χ4v) is 2.57. The molecule has 1 aromatic rings. The molecule has 0 amide bonds. The van der Waals surface area contributed by atoms with Gasteiger partial charge in [-0.25, -0.2) is 0 Å². The molecule has 4 nitrogen and oxygen atoms in total. The van der Waals surface area contributed by atoms with Crippen LogP contribution in [-0.2, 0) is 6.54 Å². The second kappa shape index (κ2) is 7.68. The number of rotatable bonds is 7. The van der Waals surface area contributed by atoms with Crippen LogP contribution in [0.4, 0.5) is 0 Å². The summed E-state index contributed by atoms with van der Waals surface area (Å²) in [5, 5.41) is 3.50. The molecule has 108 valence electrons. The molecular formula is C15H27N3O. The molecule has 0 bridgehead atoms. The van der Waals surface area contributed by atoms with E-state index in [-0.39, 0.29) is 0 Å². The minimum absolute atomic E-state index is 0.825. The number of hydrogen-bond acceptors (Lipinski definition) is 4. The van der Waals surface area contributed by atoms with Crippen molar-refractivity contribution in [1.29, 1.82) is 0 Å². The van der Waals surface area contributed by atoms with Gasteiger partial charge in [-0.2, -0.15) is 0 Å². The average molecular weight is 265 g/mol. The molecule has 19 heavy (non-hydrogen) atoms. The van der Waals surface area contributed by atoms with Crippen LogP contribution in [0.25, 0.3) is 0 Å². The number of hydrogen-bond donors (Lipinski definition) is 1. The van der Waals surface area contributed by atoms with E-state index in [4.69, 9.17) is 4.42 Å². The lowest BCUT2D eigenvalue weighted by Crippen LogP contribution is -2.40. The van der Waals surface area contributed by atoms with Gasteiger partial charge in [0, 0.05) is 13.1 Å². The Morgan fingerprint density at radius 3 is 2.79 bits per heavy atom. The van der Waals surface area contributed by atoms with Gasteiger partial charge in [0.2, 0.25) is 0 Å². The molecule has 0 saturated carbocycles. The summed E-state index contributed by atoms with van der Waals surface area (Å²) in [6.45, 7) is 6.85. The lowest BCUT2D eigenvalue weighted by Gasteiger charge is -2.32. The third kappa shape index (κ3) is 5.35. The molecule has 0 atom stereocenters. The Morgan fingerprint density at radius 2 is 2.16 bits per heavy atom. The van der Waals surface area contributed by atoms with Gasteiger partial charge in [0.25, 0.3) is 0 Å². The maximum atomic E-state index is 5.32. The van der Waals surface area contributed by atoms with Gasteiger partial charge in [-0.05, 0) is 64.6 Å². The van der Waals surface area contributed by atoms with Crippen LogP contribution >= 0.6 is 0 Å². The highest BCUT2D eigenvalue weighted by Crippen LogP contribution is 2.16. The van der Waals surface area contributed by atoms with E-state index in [9.17, 15) is 0 Å². The highest BCUT2D eigenvalue weighted by atomic mass is 16.3. The van der Waals surface area contributed by atoms with Gasteiger partial charge in [-0.1, -0.05) is 0 Å². The van der Waals surface area contributed by atoms with Crippen molar-refractivity contribution in [2.75, 3.05) is 46.8 Å². The standard InChI is InChI=1S/C15H27N3O/c1-17(2)9-10-18-7-5-14(6-8-18)12-16-13-15-4-3-11-19-15/h3-4,11,14,16H,5-10,12-13H2,1-2H3. The number of furan rings is 1. The fourth-order valence-electron chi connectivity index (χ4n) is 2.57. The van der Waals surface area contributed by atoms with Crippen LogP contribution in [0.1, 0.15) is 18.6 Å². The zero-order valence-corrected chi connectivity index (χ0v) is 12.3. The molecule has 1 N–H and O–H groups in total. The van der Waals surface area contributed by atoms with Gasteiger partial charge in [-0.15, -0.1) is 0 Å². The summed E-state index contributed by atoms with van der Waals surface area (Å²) in [5.74, 6) is 1.86. The van der Waals surface area contributed by atoms with E-state index in [2.05, 4.69) is 29.2 Å². The summed E-state index contributed by atoms with van der Waals surface area (Å²) in [6, 6.07) is 3.97. The SMILES string of the molecule is CN(C)CCN1CCC(CNCc2ccco2)CC1. The number of likely N-dealkylation sites (tertiary alicyclic amines) is 1. The number of piperidine rings is 1. The van der Waals surface area contributed by atoms with E-state index in [1.165, 1.54) is 39.0 Å². The average Bonchev–Trinajstić information content (AvgIpc) is 2.91. The second-order valence-electron chi connectivity index (χ2n) is 5.80. The van der Waals surface area contributed by atoms with Crippen LogP contribution in [0.15, 0.2) is 22.8 Å². The van der Waals surface area contributed by atoms with Crippen LogP contribution in [0.5, 0.6) is 0 Å². The number of nitrogens with zero attached hydrogens (tertiary/aromatic N) is 2. The first-order valence-corrected chi connectivity index (χ1v) is 7.34. The van der Waals surface area contributed by atoms with Crippen molar-refractivity contribution in [3.8, 4) is 0 Å². The van der Waals surface area contributed by atoms with E-state index in [1.807, 2.05) is 12.1 Å². The molecule has 0 spiro atoms. The first-order valence-electron chi connectivity index (χ1n) is 7.34. The van der Waals surface area contributed by atoms with Crippen LogP contribution in [-0.4, -0.2) is 56.6 Å². The Kier molecular flexibility index (Phi) is 5.89. The van der Waals surface area contributed by atoms with Gasteiger partial charge in [0.05, 0.1) is 12.8 Å². The van der Waals surface area contributed by atoms with Gasteiger partial charge < -0.3 is 19.5 Å².